The van der Waals surface area contributed by atoms with Gasteiger partial charge in [-0.1, -0.05) is 55.7 Å². The molecule has 1 aliphatic heterocycles. The van der Waals surface area contributed by atoms with Crippen LogP contribution in [0.4, 0.5) is 0 Å². The van der Waals surface area contributed by atoms with Gasteiger partial charge in [-0.05, 0) is 25.7 Å². The number of aliphatic hydroxyl groups excluding tert-OH is 1. The lowest BCUT2D eigenvalue weighted by atomic mass is 10.0. The van der Waals surface area contributed by atoms with Gasteiger partial charge >= 0.3 is 0 Å². The zero-order valence-corrected chi connectivity index (χ0v) is 12.7. The third-order valence-corrected chi connectivity index (χ3v) is 4.76. The van der Waals surface area contributed by atoms with Crippen molar-refractivity contribution in [2.45, 2.75) is 81.0 Å². The van der Waals surface area contributed by atoms with Gasteiger partial charge < -0.3 is 9.84 Å². The van der Waals surface area contributed by atoms with Crippen molar-refractivity contribution in [2.24, 2.45) is 0 Å². The first-order valence-electron chi connectivity index (χ1n) is 6.66. The summed E-state index contributed by atoms with van der Waals surface area (Å²) in [5.74, 6) is 0. The highest BCUT2D eigenvalue weighted by atomic mass is 127. The van der Waals surface area contributed by atoms with Crippen molar-refractivity contribution in [3.05, 3.63) is 0 Å². The van der Waals surface area contributed by atoms with Crippen LogP contribution in [0.1, 0.15) is 58.8 Å². The number of hydrogen-bond donors (Lipinski definition) is 1. The van der Waals surface area contributed by atoms with Crippen molar-refractivity contribution in [1.82, 2.24) is 0 Å². The summed E-state index contributed by atoms with van der Waals surface area (Å²) < 4.78 is 6.59. The van der Waals surface area contributed by atoms with Gasteiger partial charge in [0.25, 0.3) is 0 Å². The number of hydrogen-bond acceptors (Lipinski definition) is 2. The van der Waals surface area contributed by atoms with E-state index in [1.165, 1.54) is 12.8 Å². The molecule has 1 aliphatic rings. The van der Waals surface area contributed by atoms with Gasteiger partial charge in [0.05, 0.1) is 18.3 Å². The van der Waals surface area contributed by atoms with Crippen LogP contribution in [0.25, 0.3) is 0 Å². The SMILES string of the molecule is CCCC[C@H](O)[C@H]1CC[C@H]([C@H](I)CCC)O1. The van der Waals surface area contributed by atoms with E-state index in [4.69, 9.17) is 4.74 Å². The normalized spacial score (nSPS) is 29.2. The maximum absolute atomic E-state index is 9.98. The van der Waals surface area contributed by atoms with Crippen LogP contribution in [0.3, 0.4) is 0 Å². The van der Waals surface area contributed by atoms with Crippen LogP contribution in [-0.2, 0) is 4.74 Å². The van der Waals surface area contributed by atoms with Crippen molar-refractivity contribution in [3.63, 3.8) is 0 Å². The smallest absolute Gasteiger partial charge is 0.0839 e. The lowest BCUT2D eigenvalue weighted by molar-refractivity contribution is -0.0368. The van der Waals surface area contributed by atoms with Crippen LogP contribution in [-0.4, -0.2) is 27.3 Å². The fourth-order valence-corrected chi connectivity index (χ4v) is 3.45. The Labute approximate surface area is 113 Å². The highest BCUT2D eigenvalue weighted by Crippen LogP contribution is 2.30. The van der Waals surface area contributed by atoms with E-state index in [2.05, 4.69) is 36.4 Å². The summed E-state index contributed by atoms with van der Waals surface area (Å²) in [5, 5.41) is 9.98. The van der Waals surface area contributed by atoms with E-state index < -0.39 is 0 Å². The molecule has 0 bridgehead atoms. The molecule has 96 valence electrons. The molecule has 0 aromatic heterocycles. The van der Waals surface area contributed by atoms with Gasteiger partial charge in [0.15, 0.2) is 0 Å². The van der Waals surface area contributed by atoms with Crippen molar-refractivity contribution in [1.29, 1.82) is 0 Å². The van der Waals surface area contributed by atoms with Gasteiger partial charge in [-0.3, -0.25) is 0 Å². The van der Waals surface area contributed by atoms with E-state index in [1.807, 2.05) is 0 Å². The molecule has 0 spiro atoms. The molecule has 0 amide bonds. The van der Waals surface area contributed by atoms with E-state index in [9.17, 15) is 5.11 Å². The molecule has 1 fully saturated rings. The highest BCUT2D eigenvalue weighted by molar-refractivity contribution is 14.1. The topological polar surface area (TPSA) is 29.5 Å². The molecule has 0 radical (unpaired) electrons. The second kappa shape index (κ2) is 7.88. The molecule has 1 heterocycles. The monoisotopic (exact) mass is 340 g/mol. The van der Waals surface area contributed by atoms with E-state index in [0.29, 0.717) is 10.0 Å². The minimum absolute atomic E-state index is 0.102. The van der Waals surface area contributed by atoms with E-state index in [0.717, 1.165) is 32.1 Å². The quantitative estimate of drug-likeness (QED) is 0.566. The molecule has 0 saturated carbocycles. The Morgan fingerprint density at radius 2 is 1.88 bits per heavy atom. The zero-order chi connectivity index (χ0) is 12.0. The molecule has 16 heavy (non-hydrogen) atoms. The Morgan fingerprint density at radius 1 is 1.19 bits per heavy atom. The van der Waals surface area contributed by atoms with Crippen LogP contribution in [0.5, 0.6) is 0 Å². The van der Waals surface area contributed by atoms with E-state index >= 15 is 0 Å². The van der Waals surface area contributed by atoms with E-state index in [1.54, 1.807) is 0 Å². The van der Waals surface area contributed by atoms with Gasteiger partial charge in [-0.2, -0.15) is 0 Å². The Hall–Kier alpha value is 0.650. The van der Waals surface area contributed by atoms with Crippen molar-refractivity contribution in [2.75, 3.05) is 0 Å². The highest BCUT2D eigenvalue weighted by Gasteiger charge is 2.33. The van der Waals surface area contributed by atoms with Crippen molar-refractivity contribution < 1.29 is 9.84 Å². The molecule has 4 atom stereocenters. The van der Waals surface area contributed by atoms with E-state index in [-0.39, 0.29) is 12.2 Å². The summed E-state index contributed by atoms with van der Waals surface area (Å²) in [5.41, 5.74) is 0. The molecular weight excluding hydrogens is 315 g/mol. The molecule has 3 heteroatoms. The first-order chi connectivity index (χ1) is 7.69. The Balaban J connectivity index is 2.28. The fourth-order valence-electron chi connectivity index (χ4n) is 2.30. The number of ether oxygens (including phenoxy) is 1. The number of alkyl halides is 1. The molecule has 1 N–H and O–H groups in total. The van der Waals surface area contributed by atoms with Crippen LogP contribution in [0, 0.1) is 0 Å². The summed E-state index contributed by atoms with van der Waals surface area (Å²) in [4.78, 5) is 0. The summed E-state index contributed by atoms with van der Waals surface area (Å²) >= 11 is 2.50. The van der Waals surface area contributed by atoms with Gasteiger partial charge in [-0.15, -0.1) is 0 Å². The predicted octanol–water partition coefficient (Wildman–Crippen LogP) is 3.69. The Kier molecular flexibility index (Phi) is 7.24. The van der Waals surface area contributed by atoms with Crippen molar-refractivity contribution >= 4 is 22.6 Å². The Morgan fingerprint density at radius 3 is 2.50 bits per heavy atom. The minimum Gasteiger partial charge on any atom is -0.390 e. The maximum Gasteiger partial charge on any atom is 0.0839 e. The summed E-state index contributed by atoms with van der Waals surface area (Å²) in [6.07, 6.45) is 8.00. The summed E-state index contributed by atoms with van der Waals surface area (Å²) in [7, 11) is 0. The number of halogens is 1. The van der Waals surface area contributed by atoms with Gasteiger partial charge in [-0.25, -0.2) is 0 Å². The second-order valence-corrected chi connectivity index (χ2v) is 6.40. The first kappa shape index (κ1) is 14.7. The average molecular weight is 340 g/mol. The van der Waals surface area contributed by atoms with Gasteiger partial charge in [0.1, 0.15) is 0 Å². The van der Waals surface area contributed by atoms with Gasteiger partial charge in [0.2, 0.25) is 0 Å². The molecule has 0 aromatic rings. The average Bonchev–Trinajstić information content (AvgIpc) is 2.75. The standard InChI is InChI=1S/C13H25IO2/c1-3-5-7-11(15)13-9-8-12(16-13)10(14)6-4-2/h10-13,15H,3-9H2,1-2H3/t10-,11+,12-,13-/m1/s1. The number of unbranched alkanes of at least 4 members (excludes halogenated alkanes) is 1. The van der Waals surface area contributed by atoms with Crippen LogP contribution >= 0.6 is 22.6 Å². The fraction of sp³-hybridized carbons (Fsp3) is 1.00. The lowest BCUT2D eigenvalue weighted by Crippen LogP contribution is -2.28. The first-order valence-corrected chi connectivity index (χ1v) is 7.91. The number of aliphatic hydroxyl groups is 1. The molecule has 1 saturated heterocycles. The van der Waals surface area contributed by atoms with Crippen molar-refractivity contribution in [3.8, 4) is 0 Å². The van der Waals surface area contributed by atoms with Crippen LogP contribution in [0.2, 0.25) is 0 Å². The summed E-state index contributed by atoms with van der Waals surface area (Å²) in [6.45, 7) is 4.38. The third-order valence-electron chi connectivity index (χ3n) is 3.34. The molecular formula is C13H25IO2. The zero-order valence-electron chi connectivity index (χ0n) is 10.5. The molecule has 2 nitrogen and oxygen atoms in total. The minimum atomic E-state index is -0.241. The van der Waals surface area contributed by atoms with Gasteiger partial charge in [0, 0.05) is 3.92 Å². The summed E-state index contributed by atoms with van der Waals surface area (Å²) in [6, 6.07) is 0. The maximum atomic E-state index is 9.98. The van der Waals surface area contributed by atoms with Crippen LogP contribution < -0.4 is 0 Å². The lowest BCUT2D eigenvalue weighted by Gasteiger charge is -2.21. The Bertz CT molecular complexity index is 187. The predicted molar refractivity (Wildman–Crippen MR) is 76.1 cm³/mol. The van der Waals surface area contributed by atoms with Crippen LogP contribution in [0.15, 0.2) is 0 Å². The largest absolute Gasteiger partial charge is 0.390 e. The third kappa shape index (κ3) is 4.49. The molecule has 0 aliphatic carbocycles. The molecule has 1 rings (SSSR count). The molecule has 0 aromatic carbocycles. The number of rotatable bonds is 7. The second-order valence-electron chi connectivity index (χ2n) is 4.80. The molecule has 0 unspecified atom stereocenters.